The molecule has 2 unspecified atom stereocenters. The van der Waals surface area contributed by atoms with Gasteiger partial charge in [-0.25, -0.2) is 4.39 Å². The van der Waals surface area contributed by atoms with Gasteiger partial charge in [-0.05, 0) is 42.5 Å². The molecular weight excluding hydrogens is 309 g/mol. The van der Waals surface area contributed by atoms with E-state index in [2.05, 4.69) is 13.8 Å². The molecule has 0 radical (unpaired) electrons. The van der Waals surface area contributed by atoms with Crippen molar-refractivity contribution in [2.24, 2.45) is 17.1 Å². The average molecular weight is 333 g/mol. The number of carbonyl (C=O) groups excluding carboxylic acids is 2. The number of carbonyl (C=O) groups is 2. The van der Waals surface area contributed by atoms with Crippen molar-refractivity contribution in [2.75, 3.05) is 24.5 Å². The van der Waals surface area contributed by atoms with Gasteiger partial charge in [0.15, 0.2) is 0 Å². The molecule has 0 bridgehead atoms. The van der Waals surface area contributed by atoms with Gasteiger partial charge in [0.25, 0.3) is 0 Å². The molecule has 2 aliphatic heterocycles. The van der Waals surface area contributed by atoms with Crippen LogP contribution in [0, 0.1) is 17.2 Å². The van der Waals surface area contributed by atoms with Crippen LogP contribution in [0.5, 0.6) is 0 Å². The number of nitrogens with two attached hydrogens (primary N) is 1. The van der Waals surface area contributed by atoms with E-state index in [9.17, 15) is 14.0 Å². The number of hydrogen-bond donors (Lipinski definition) is 1. The molecular formula is C18H24FN3O2. The molecule has 130 valence electrons. The summed E-state index contributed by atoms with van der Waals surface area (Å²) >= 11 is 0. The highest BCUT2D eigenvalue weighted by molar-refractivity contribution is 6.09. The molecule has 0 aromatic heterocycles. The van der Waals surface area contributed by atoms with E-state index in [1.165, 1.54) is 12.1 Å². The van der Waals surface area contributed by atoms with Crippen LogP contribution in [0.15, 0.2) is 24.3 Å². The molecule has 0 saturated carbocycles. The largest absolute Gasteiger partial charge is 0.341 e. The summed E-state index contributed by atoms with van der Waals surface area (Å²) in [5, 5.41) is 0. The lowest BCUT2D eigenvalue weighted by atomic mass is 9.79. The number of halogens is 1. The molecule has 2 aliphatic rings. The Morgan fingerprint density at radius 3 is 2.50 bits per heavy atom. The van der Waals surface area contributed by atoms with Crippen molar-refractivity contribution < 1.29 is 14.0 Å². The number of amides is 2. The van der Waals surface area contributed by atoms with Crippen molar-refractivity contribution in [1.29, 1.82) is 0 Å². The average Bonchev–Trinajstić information content (AvgIpc) is 2.92. The van der Waals surface area contributed by atoms with Crippen LogP contribution >= 0.6 is 0 Å². The van der Waals surface area contributed by atoms with Crippen LogP contribution in [0.1, 0.15) is 26.7 Å². The molecule has 2 fully saturated rings. The lowest BCUT2D eigenvalue weighted by Crippen LogP contribution is -2.55. The number of piperidine rings is 1. The van der Waals surface area contributed by atoms with Gasteiger partial charge in [-0.3, -0.25) is 9.59 Å². The predicted octanol–water partition coefficient (Wildman–Crippen LogP) is 1.76. The van der Waals surface area contributed by atoms with Gasteiger partial charge in [0.1, 0.15) is 11.7 Å². The molecule has 3 rings (SSSR count). The molecule has 5 nitrogen and oxygen atoms in total. The zero-order valence-corrected chi connectivity index (χ0v) is 14.2. The fourth-order valence-corrected chi connectivity index (χ4v) is 3.57. The first-order chi connectivity index (χ1) is 11.3. The van der Waals surface area contributed by atoms with Crippen molar-refractivity contribution in [3.8, 4) is 0 Å². The number of hydrogen-bond acceptors (Lipinski definition) is 3. The van der Waals surface area contributed by atoms with Crippen LogP contribution in [0.2, 0.25) is 0 Å². The number of likely N-dealkylation sites (tertiary alicyclic amines) is 1. The maximum atomic E-state index is 13.0. The van der Waals surface area contributed by atoms with E-state index >= 15 is 0 Å². The topological polar surface area (TPSA) is 66.6 Å². The number of benzene rings is 1. The minimum absolute atomic E-state index is 0.0662. The summed E-state index contributed by atoms with van der Waals surface area (Å²) in [5.41, 5.74) is 6.61. The Bertz CT molecular complexity index is 644. The smallest absolute Gasteiger partial charge is 0.239 e. The Balaban J connectivity index is 1.71. The summed E-state index contributed by atoms with van der Waals surface area (Å²) < 4.78 is 13.0. The Hall–Kier alpha value is -1.95. The van der Waals surface area contributed by atoms with Crippen molar-refractivity contribution >= 4 is 17.5 Å². The Labute approximate surface area is 141 Å². The molecule has 6 heteroatoms. The normalized spacial score (nSPS) is 26.8. The van der Waals surface area contributed by atoms with Crippen molar-refractivity contribution in [1.82, 2.24) is 4.90 Å². The van der Waals surface area contributed by atoms with Gasteiger partial charge >= 0.3 is 0 Å². The van der Waals surface area contributed by atoms with Crippen molar-refractivity contribution in [3.05, 3.63) is 30.1 Å². The molecule has 24 heavy (non-hydrogen) atoms. The van der Waals surface area contributed by atoms with E-state index in [4.69, 9.17) is 5.73 Å². The Kier molecular flexibility index (Phi) is 4.34. The van der Waals surface area contributed by atoms with Crippen LogP contribution in [0.3, 0.4) is 0 Å². The second-order valence-electron chi connectivity index (χ2n) is 7.45. The molecule has 0 spiro atoms. The van der Waals surface area contributed by atoms with Crippen LogP contribution in [0.25, 0.3) is 0 Å². The third-order valence-corrected chi connectivity index (χ3v) is 5.27. The monoisotopic (exact) mass is 333 g/mol. The molecule has 2 heterocycles. The first-order valence-corrected chi connectivity index (χ1v) is 8.41. The summed E-state index contributed by atoms with van der Waals surface area (Å²) in [4.78, 5) is 28.8. The fourth-order valence-electron chi connectivity index (χ4n) is 3.57. The molecule has 1 aromatic rings. The second-order valence-corrected chi connectivity index (χ2v) is 7.45. The molecule has 2 N–H and O–H groups in total. The number of nitrogens with zero attached hydrogens (tertiary/aromatic N) is 2. The second kappa shape index (κ2) is 6.16. The van der Waals surface area contributed by atoms with Gasteiger partial charge in [0, 0.05) is 31.4 Å². The minimum atomic E-state index is -0.639. The predicted molar refractivity (Wildman–Crippen MR) is 89.8 cm³/mol. The summed E-state index contributed by atoms with van der Waals surface area (Å²) in [6, 6.07) is 5.86. The SMILES string of the molecule is CC1(C)CN(C(=O)C2CCN(c3ccc(F)cc3)C2=O)CCC1N. The molecule has 2 saturated heterocycles. The van der Waals surface area contributed by atoms with E-state index in [-0.39, 0.29) is 29.1 Å². The van der Waals surface area contributed by atoms with Gasteiger partial charge in [-0.2, -0.15) is 0 Å². The first kappa shape index (κ1) is 16.9. The van der Waals surface area contributed by atoms with Gasteiger partial charge in [-0.1, -0.05) is 13.8 Å². The lowest BCUT2D eigenvalue weighted by Gasteiger charge is -2.43. The Morgan fingerprint density at radius 1 is 1.21 bits per heavy atom. The first-order valence-electron chi connectivity index (χ1n) is 8.41. The van der Waals surface area contributed by atoms with Crippen LogP contribution < -0.4 is 10.6 Å². The van der Waals surface area contributed by atoms with E-state index in [1.807, 2.05) is 0 Å². The zero-order valence-electron chi connectivity index (χ0n) is 14.2. The van der Waals surface area contributed by atoms with Gasteiger partial charge < -0.3 is 15.5 Å². The van der Waals surface area contributed by atoms with E-state index in [0.717, 1.165) is 6.42 Å². The van der Waals surface area contributed by atoms with Crippen LogP contribution in [0.4, 0.5) is 10.1 Å². The van der Waals surface area contributed by atoms with E-state index in [1.54, 1.807) is 21.9 Å². The molecule has 1 aromatic carbocycles. The van der Waals surface area contributed by atoms with Gasteiger partial charge in [-0.15, -0.1) is 0 Å². The fraction of sp³-hybridized carbons (Fsp3) is 0.556. The minimum Gasteiger partial charge on any atom is -0.341 e. The van der Waals surface area contributed by atoms with Crippen LogP contribution in [-0.2, 0) is 9.59 Å². The zero-order chi connectivity index (χ0) is 17.5. The van der Waals surface area contributed by atoms with Crippen LogP contribution in [-0.4, -0.2) is 42.4 Å². The van der Waals surface area contributed by atoms with E-state index in [0.29, 0.717) is 31.7 Å². The maximum Gasteiger partial charge on any atom is 0.239 e. The van der Waals surface area contributed by atoms with Crippen molar-refractivity contribution in [2.45, 2.75) is 32.7 Å². The summed E-state index contributed by atoms with van der Waals surface area (Å²) in [5.74, 6) is -1.28. The molecule has 0 aliphatic carbocycles. The quantitative estimate of drug-likeness (QED) is 0.839. The van der Waals surface area contributed by atoms with Gasteiger partial charge in [0.2, 0.25) is 11.8 Å². The highest BCUT2D eigenvalue weighted by atomic mass is 19.1. The summed E-state index contributed by atoms with van der Waals surface area (Å²) in [7, 11) is 0. The van der Waals surface area contributed by atoms with E-state index < -0.39 is 5.92 Å². The maximum absolute atomic E-state index is 13.0. The molecule has 2 amide bonds. The summed E-state index contributed by atoms with van der Waals surface area (Å²) in [6.07, 6.45) is 1.25. The standard InChI is InChI=1S/C18H24FN3O2/c1-18(2)11-21(9-8-15(18)20)16(23)14-7-10-22(17(14)24)13-5-3-12(19)4-6-13/h3-6,14-15H,7-11,20H2,1-2H3. The van der Waals surface area contributed by atoms with Crippen molar-refractivity contribution in [3.63, 3.8) is 0 Å². The number of anilines is 1. The third-order valence-electron chi connectivity index (χ3n) is 5.27. The highest BCUT2D eigenvalue weighted by Gasteiger charge is 2.43. The Morgan fingerprint density at radius 2 is 1.88 bits per heavy atom. The molecule has 2 atom stereocenters. The third kappa shape index (κ3) is 3.02. The summed E-state index contributed by atoms with van der Waals surface area (Å²) in [6.45, 7) is 5.77. The highest BCUT2D eigenvalue weighted by Crippen LogP contribution is 2.31. The number of rotatable bonds is 2. The lowest BCUT2D eigenvalue weighted by molar-refractivity contribution is -0.142. The van der Waals surface area contributed by atoms with Gasteiger partial charge in [0.05, 0.1) is 0 Å².